The van der Waals surface area contributed by atoms with Crippen LogP contribution in [-0.4, -0.2) is 32.0 Å². The molecule has 0 spiro atoms. The van der Waals surface area contributed by atoms with Crippen LogP contribution in [0, 0.1) is 0 Å². The number of carbonyl (C=O) groups excluding carboxylic acids is 1. The SMILES string of the molecule is CC(C)c1c(C(=O)Nc2ccc(C(=O)O)cc2)nnn1-c1ccc(Cl)cc1. The molecule has 27 heavy (non-hydrogen) atoms. The fraction of sp³-hybridized carbons (Fsp3) is 0.158. The van der Waals surface area contributed by atoms with Crippen LogP contribution < -0.4 is 5.32 Å². The van der Waals surface area contributed by atoms with Crippen LogP contribution in [-0.2, 0) is 0 Å². The van der Waals surface area contributed by atoms with Crippen molar-refractivity contribution in [2.75, 3.05) is 5.32 Å². The Labute approximate surface area is 160 Å². The third kappa shape index (κ3) is 3.98. The van der Waals surface area contributed by atoms with Gasteiger partial charge in [0.15, 0.2) is 5.69 Å². The van der Waals surface area contributed by atoms with Gasteiger partial charge in [0, 0.05) is 10.7 Å². The Morgan fingerprint density at radius 2 is 1.70 bits per heavy atom. The number of carboxylic acids is 1. The van der Waals surface area contributed by atoms with Gasteiger partial charge >= 0.3 is 5.97 Å². The number of carbonyl (C=O) groups is 2. The number of aromatic nitrogens is 3. The van der Waals surface area contributed by atoms with E-state index in [1.54, 1.807) is 28.9 Å². The van der Waals surface area contributed by atoms with E-state index >= 15 is 0 Å². The van der Waals surface area contributed by atoms with Crippen LogP contribution >= 0.6 is 11.6 Å². The lowest BCUT2D eigenvalue weighted by Gasteiger charge is -2.11. The molecule has 0 fully saturated rings. The molecule has 3 rings (SSSR count). The molecule has 3 aromatic rings. The second-order valence-electron chi connectivity index (χ2n) is 6.20. The van der Waals surface area contributed by atoms with Crippen molar-refractivity contribution in [1.82, 2.24) is 15.0 Å². The van der Waals surface area contributed by atoms with E-state index in [2.05, 4.69) is 15.6 Å². The fourth-order valence-corrected chi connectivity index (χ4v) is 2.75. The van der Waals surface area contributed by atoms with Crippen molar-refractivity contribution in [3.8, 4) is 5.69 Å². The molecule has 0 atom stereocenters. The average Bonchev–Trinajstić information content (AvgIpc) is 3.08. The predicted molar refractivity (Wildman–Crippen MR) is 102 cm³/mol. The normalized spacial score (nSPS) is 10.8. The van der Waals surface area contributed by atoms with Gasteiger partial charge in [-0.05, 0) is 54.4 Å². The van der Waals surface area contributed by atoms with Crippen LogP contribution in [0.1, 0.15) is 46.3 Å². The van der Waals surface area contributed by atoms with Crippen molar-refractivity contribution in [2.45, 2.75) is 19.8 Å². The molecule has 1 aromatic heterocycles. The summed E-state index contributed by atoms with van der Waals surface area (Å²) in [5.74, 6) is -1.45. The summed E-state index contributed by atoms with van der Waals surface area (Å²) < 4.78 is 1.61. The maximum atomic E-state index is 12.7. The number of benzene rings is 2. The number of aromatic carboxylic acids is 1. The summed E-state index contributed by atoms with van der Waals surface area (Å²) in [5, 5.41) is 20.4. The molecule has 0 aliphatic heterocycles. The number of hydrogen-bond donors (Lipinski definition) is 2. The van der Waals surface area contributed by atoms with E-state index in [0.29, 0.717) is 16.4 Å². The summed E-state index contributed by atoms with van der Waals surface area (Å²) in [7, 11) is 0. The van der Waals surface area contributed by atoms with Crippen molar-refractivity contribution >= 4 is 29.2 Å². The molecule has 7 nitrogen and oxygen atoms in total. The number of anilines is 1. The number of hydrogen-bond acceptors (Lipinski definition) is 4. The molecule has 0 saturated carbocycles. The van der Waals surface area contributed by atoms with Gasteiger partial charge in [0.25, 0.3) is 5.91 Å². The van der Waals surface area contributed by atoms with Crippen LogP contribution in [0.15, 0.2) is 48.5 Å². The Morgan fingerprint density at radius 1 is 1.07 bits per heavy atom. The lowest BCUT2D eigenvalue weighted by atomic mass is 10.1. The van der Waals surface area contributed by atoms with Gasteiger partial charge in [-0.1, -0.05) is 30.7 Å². The highest BCUT2D eigenvalue weighted by molar-refractivity contribution is 6.30. The van der Waals surface area contributed by atoms with Gasteiger partial charge < -0.3 is 10.4 Å². The Balaban J connectivity index is 1.90. The zero-order chi connectivity index (χ0) is 19.6. The van der Waals surface area contributed by atoms with Crippen LogP contribution in [0.2, 0.25) is 5.02 Å². The quantitative estimate of drug-likeness (QED) is 0.693. The molecule has 138 valence electrons. The number of amides is 1. The molecule has 2 aromatic carbocycles. The van der Waals surface area contributed by atoms with Crippen molar-refractivity contribution in [1.29, 1.82) is 0 Å². The molecule has 0 radical (unpaired) electrons. The Hall–Kier alpha value is -3.19. The first-order chi connectivity index (χ1) is 12.9. The maximum Gasteiger partial charge on any atom is 0.335 e. The highest BCUT2D eigenvalue weighted by atomic mass is 35.5. The van der Waals surface area contributed by atoms with Crippen LogP contribution in [0.25, 0.3) is 5.69 Å². The molecule has 0 bridgehead atoms. The molecule has 0 aliphatic carbocycles. The summed E-state index contributed by atoms with van der Waals surface area (Å²) in [6.07, 6.45) is 0. The molecule has 0 saturated heterocycles. The van der Waals surface area contributed by atoms with E-state index in [-0.39, 0.29) is 17.2 Å². The number of halogens is 1. The van der Waals surface area contributed by atoms with Gasteiger partial charge in [0.1, 0.15) is 0 Å². The van der Waals surface area contributed by atoms with Crippen molar-refractivity contribution in [3.63, 3.8) is 0 Å². The van der Waals surface area contributed by atoms with E-state index in [1.807, 2.05) is 13.8 Å². The molecule has 0 aliphatic rings. The van der Waals surface area contributed by atoms with Gasteiger partial charge in [-0.3, -0.25) is 4.79 Å². The van der Waals surface area contributed by atoms with Gasteiger partial charge in [-0.2, -0.15) is 0 Å². The lowest BCUT2D eigenvalue weighted by Crippen LogP contribution is -2.16. The molecule has 0 unspecified atom stereocenters. The minimum absolute atomic E-state index is 0.00851. The van der Waals surface area contributed by atoms with Gasteiger partial charge in [-0.25, -0.2) is 9.48 Å². The minimum atomic E-state index is -1.03. The zero-order valence-electron chi connectivity index (χ0n) is 14.7. The Morgan fingerprint density at radius 3 is 2.26 bits per heavy atom. The maximum absolute atomic E-state index is 12.7. The second kappa shape index (κ2) is 7.59. The van der Waals surface area contributed by atoms with E-state index in [1.165, 1.54) is 24.3 Å². The number of carboxylic acid groups (broad SMARTS) is 1. The highest BCUT2D eigenvalue weighted by Gasteiger charge is 2.23. The van der Waals surface area contributed by atoms with Gasteiger partial charge in [-0.15, -0.1) is 5.10 Å². The second-order valence-corrected chi connectivity index (χ2v) is 6.64. The number of nitrogens with zero attached hydrogens (tertiary/aromatic N) is 3. The first kappa shape index (κ1) is 18.6. The Kier molecular flexibility index (Phi) is 5.23. The van der Waals surface area contributed by atoms with Crippen LogP contribution in [0.5, 0.6) is 0 Å². The van der Waals surface area contributed by atoms with Crippen LogP contribution in [0.4, 0.5) is 5.69 Å². The van der Waals surface area contributed by atoms with Gasteiger partial charge in [0.2, 0.25) is 0 Å². The molecule has 8 heteroatoms. The van der Waals surface area contributed by atoms with Crippen molar-refractivity contribution in [3.05, 3.63) is 70.5 Å². The lowest BCUT2D eigenvalue weighted by molar-refractivity contribution is 0.0696. The first-order valence-electron chi connectivity index (χ1n) is 8.23. The fourth-order valence-electron chi connectivity index (χ4n) is 2.63. The summed E-state index contributed by atoms with van der Waals surface area (Å²) in [4.78, 5) is 23.6. The average molecular weight is 385 g/mol. The topological polar surface area (TPSA) is 97.1 Å². The first-order valence-corrected chi connectivity index (χ1v) is 8.61. The van der Waals surface area contributed by atoms with E-state index < -0.39 is 11.9 Å². The largest absolute Gasteiger partial charge is 0.478 e. The third-order valence-electron chi connectivity index (χ3n) is 3.93. The summed E-state index contributed by atoms with van der Waals surface area (Å²) in [6.45, 7) is 3.90. The Bertz CT molecular complexity index is 979. The van der Waals surface area contributed by atoms with Gasteiger partial charge in [0.05, 0.1) is 16.9 Å². The zero-order valence-corrected chi connectivity index (χ0v) is 15.4. The number of rotatable bonds is 5. The van der Waals surface area contributed by atoms with Crippen molar-refractivity contribution in [2.24, 2.45) is 0 Å². The van der Waals surface area contributed by atoms with Crippen molar-refractivity contribution < 1.29 is 14.7 Å². The summed E-state index contributed by atoms with van der Waals surface area (Å²) in [5.41, 5.74) is 2.24. The smallest absolute Gasteiger partial charge is 0.335 e. The summed E-state index contributed by atoms with van der Waals surface area (Å²) >= 11 is 5.93. The molecule has 1 amide bonds. The molecule has 2 N–H and O–H groups in total. The standard InChI is InChI=1S/C19H17ClN4O3/c1-11(2)17-16(22-23-24(17)15-9-5-13(20)6-10-15)18(25)21-14-7-3-12(4-8-14)19(26)27/h3-11H,1-2H3,(H,21,25)(H,26,27). The minimum Gasteiger partial charge on any atom is -0.478 e. The van der Waals surface area contributed by atoms with Crippen LogP contribution in [0.3, 0.4) is 0 Å². The van der Waals surface area contributed by atoms with E-state index in [0.717, 1.165) is 5.69 Å². The number of nitrogens with one attached hydrogen (secondary N) is 1. The molecule has 1 heterocycles. The van der Waals surface area contributed by atoms with E-state index in [9.17, 15) is 9.59 Å². The molecular formula is C19H17ClN4O3. The van der Waals surface area contributed by atoms with E-state index in [4.69, 9.17) is 16.7 Å². The summed E-state index contributed by atoms with van der Waals surface area (Å²) in [6, 6.07) is 13.0. The highest BCUT2D eigenvalue weighted by Crippen LogP contribution is 2.23. The third-order valence-corrected chi connectivity index (χ3v) is 4.18. The molecular weight excluding hydrogens is 368 g/mol. The predicted octanol–water partition coefficient (Wildman–Crippen LogP) is 3.99. The monoisotopic (exact) mass is 384 g/mol.